The average molecular weight is 320 g/mol. The van der Waals surface area contributed by atoms with Crippen molar-refractivity contribution in [2.45, 2.75) is 24.9 Å². The molecule has 22 heavy (non-hydrogen) atoms. The number of carbonyl (C=O) groups excluding carboxylic acids is 1. The van der Waals surface area contributed by atoms with Crippen LogP contribution in [0, 0.1) is 11.3 Å². The van der Waals surface area contributed by atoms with Gasteiger partial charge in [0.25, 0.3) is 15.2 Å². The van der Waals surface area contributed by atoms with E-state index in [0.717, 1.165) is 11.9 Å². The van der Waals surface area contributed by atoms with Gasteiger partial charge in [-0.1, -0.05) is 44.2 Å². The van der Waals surface area contributed by atoms with Crippen LogP contribution in [0.2, 0.25) is 0 Å². The second-order valence-electron chi connectivity index (χ2n) is 5.95. The van der Waals surface area contributed by atoms with Crippen molar-refractivity contribution in [3.05, 3.63) is 42.2 Å². The van der Waals surface area contributed by atoms with Gasteiger partial charge in [-0.15, -0.1) is 0 Å². The Morgan fingerprint density at radius 2 is 1.95 bits per heavy atom. The van der Waals surface area contributed by atoms with Crippen molar-refractivity contribution < 1.29 is 13.2 Å². The Morgan fingerprint density at radius 3 is 2.55 bits per heavy atom. The summed E-state index contributed by atoms with van der Waals surface area (Å²) < 4.78 is 26.1. The third-order valence-corrected chi connectivity index (χ3v) is 5.33. The zero-order valence-corrected chi connectivity index (χ0v) is 13.0. The van der Waals surface area contributed by atoms with Crippen LogP contribution in [0.3, 0.4) is 0 Å². The van der Waals surface area contributed by atoms with Crippen LogP contribution in [0.5, 0.6) is 0 Å². The monoisotopic (exact) mass is 320 g/mol. The van der Waals surface area contributed by atoms with Gasteiger partial charge in [-0.25, -0.2) is 14.8 Å². The normalized spacial score (nSPS) is 23.0. The maximum absolute atomic E-state index is 12.4. The van der Waals surface area contributed by atoms with Crippen LogP contribution >= 0.6 is 0 Å². The molecule has 0 spiro atoms. The molecular formula is C14H16N4O3S. The van der Waals surface area contributed by atoms with E-state index in [4.69, 9.17) is 0 Å². The number of carbonyl (C=O) groups is 1. The van der Waals surface area contributed by atoms with Crippen molar-refractivity contribution in [3.63, 3.8) is 0 Å². The highest BCUT2D eigenvalue weighted by Crippen LogP contribution is 2.64. The minimum atomic E-state index is -4.01. The minimum absolute atomic E-state index is 0.00127. The van der Waals surface area contributed by atoms with E-state index in [1.165, 1.54) is 0 Å². The van der Waals surface area contributed by atoms with E-state index in [1.807, 2.05) is 44.2 Å². The fourth-order valence-corrected chi connectivity index (χ4v) is 3.82. The molecule has 7 nitrogen and oxygen atoms in total. The largest absolute Gasteiger partial charge is 0.299 e. The molecule has 0 radical (unpaired) electrons. The van der Waals surface area contributed by atoms with Crippen molar-refractivity contribution >= 4 is 15.9 Å². The molecule has 0 saturated heterocycles. The highest BCUT2D eigenvalue weighted by Gasteiger charge is 2.62. The van der Waals surface area contributed by atoms with Gasteiger partial charge >= 0.3 is 0 Å². The lowest BCUT2D eigenvalue weighted by molar-refractivity contribution is -0.121. The van der Waals surface area contributed by atoms with E-state index in [0.29, 0.717) is 0 Å². The van der Waals surface area contributed by atoms with Crippen LogP contribution in [-0.4, -0.2) is 29.5 Å². The number of aromatic amines is 1. The van der Waals surface area contributed by atoms with Crippen LogP contribution in [-0.2, 0) is 14.8 Å². The summed E-state index contributed by atoms with van der Waals surface area (Å²) in [4.78, 5) is 15.9. The lowest BCUT2D eigenvalue weighted by atomic mass is 10.0. The smallest absolute Gasteiger partial charge is 0.274 e. The summed E-state index contributed by atoms with van der Waals surface area (Å²) in [6.07, 6.45) is 1.08. The SMILES string of the molecule is CC1(C)[C@H](C(=O)NS(=O)(=O)c2ncn[nH]2)[C@H]1c1ccccc1. The highest BCUT2D eigenvalue weighted by atomic mass is 32.2. The number of rotatable bonds is 4. The number of hydrogen-bond acceptors (Lipinski definition) is 5. The van der Waals surface area contributed by atoms with E-state index >= 15 is 0 Å². The Kier molecular flexibility index (Phi) is 3.28. The second-order valence-corrected chi connectivity index (χ2v) is 7.55. The van der Waals surface area contributed by atoms with E-state index in [1.54, 1.807) is 0 Å². The molecule has 2 aromatic rings. The van der Waals surface area contributed by atoms with Crippen LogP contribution in [0.15, 0.2) is 41.8 Å². The van der Waals surface area contributed by atoms with Gasteiger partial charge in [0.05, 0.1) is 5.92 Å². The Hall–Kier alpha value is -2.22. The Bertz CT molecular complexity index is 785. The van der Waals surface area contributed by atoms with Crippen LogP contribution in [0.1, 0.15) is 25.3 Å². The number of H-pyrrole nitrogens is 1. The summed E-state index contributed by atoms with van der Waals surface area (Å²) in [5.74, 6) is -0.915. The number of amides is 1. The third-order valence-electron chi connectivity index (χ3n) is 4.15. The van der Waals surface area contributed by atoms with Crippen molar-refractivity contribution in [2.75, 3.05) is 0 Å². The first-order valence-corrected chi connectivity index (χ1v) is 8.29. The Morgan fingerprint density at radius 1 is 1.27 bits per heavy atom. The van der Waals surface area contributed by atoms with Gasteiger partial charge in [-0.3, -0.25) is 4.79 Å². The number of hydrogen-bond donors (Lipinski definition) is 2. The molecule has 1 heterocycles. The van der Waals surface area contributed by atoms with Crippen LogP contribution in [0.4, 0.5) is 0 Å². The van der Waals surface area contributed by atoms with Gasteiger partial charge < -0.3 is 0 Å². The van der Waals surface area contributed by atoms with E-state index in [9.17, 15) is 13.2 Å². The standard InChI is InChI=1S/C14H16N4O3S/c1-14(2)10(9-6-4-3-5-7-9)11(14)12(19)18-22(20,21)13-15-8-16-17-13/h3-8,10-11H,1-2H3,(H,18,19)(H,15,16,17)/t10-,11+/m1/s1. The number of sulfonamides is 1. The number of benzene rings is 1. The molecule has 0 aliphatic heterocycles. The number of nitrogens with zero attached hydrogens (tertiary/aromatic N) is 2. The zero-order chi connectivity index (χ0) is 16.0. The topological polar surface area (TPSA) is 105 Å². The molecule has 116 valence electrons. The molecule has 1 fully saturated rings. The van der Waals surface area contributed by atoms with Gasteiger partial charge in [-0.2, -0.15) is 13.5 Å². The van der Waals surface area contributed by atoms with Gasteiger partial charge in [0.1, 0.15) is 6.33 Å². The van der Waals surface area contributed by atoms with E-state index in [-0.39, 0.29) is 16.5 Å². The molecule has 1 saturated carbocycles. The molecule has 2 atom stereocenters. The predicted octanol–water partition coefficient (Wildman–Crippen LogP) is 1.05. The maximum Gasteiger partial charge on any atom is 0.299 e. The second kappa shape index (κ2) is 4.91. The first kappa shape index (κ1) is 14.7. The zero-order valence-electron chi connectivity index (χ0n) is 12.1. The van der Waals surface area contributed by atoms with Gasteiger partial charge in [0.2, 0.25) is 5.91 Å². The molecule has 0 bridgehead atoms. The summed E-state index contributed by atoms with van der Waals surface area (Å²) in [7, 11) is -4.01. The van der Waals surface area contributed by atoms with Gasteiger partial charge in [0, 0.05) is 5.92 Å². The molecule has 1 aliphatic carbocycles. The van der Waals surface area contributed by atoms with Crippen molar-refractivity contribution in [2.24, 2.45) is 11.3 Å². The fourth-order valence-electron chi connectivity index (χ4n) is 2.98. The molecule has 0 unspecified atom stereocenters. The molecule has 1 amide bonds. The number of aromatic nitrogens is 3. The van der Waals surface area contributed by atoms with E-state index < -0.39 is 21.8 Å². The minimum Gasteiger partial charge on any atom is -0.274 e. The van der Waals surface area contributed by atoms with Crippen LogP contribution < -0.4 is 4.72 Å². The molecule has 8 heteroatoms. The molecule has 2 N–H and O–H groups in total. The highest BCUT2D eigenvalue weighted by molar-refractivity contribution is 7.89. The first-order valence-electron chi connectivity index (χ1n) is 6.81. The molecular weight excluding hydrogens is 304 g/mol. The molecule has 1 aromatic carbocycles. The summed E-state index contributed by atoms with van der Waals surface area (Å²) in [5.41, 5.74) is 0.743. The fraction of sp³-hybridized carbons (Fsp3) is 0.357. The Balaban J connectivity index is 1.79. The summed E-state index contributed by atoms with van der Waals surface area (Å²) in [6, 6.07) is 9.62. The van der Waals surface area contributed by atoms with Crippen LogP contribution in [0.25, 0.3) is 0 Å². The number of nitrogens with one attached hydrogen (secondary N) is 2. The van der Waals surface area contributed by atoms with Crippen molar-refractivity contribution in [1.82, 2.24) is 19.9 Å². The summed E-state index contributed by atoms with van der Waals surface area (Å²) in [5, 5.41) is 5.36. The van der Waals surface area contributed by atoms with Crippen molar-refractivity contribution in [1.29, 1.82) is 0 Å². The van der Waals surface area contributed by atoms with Gasteiger partial charge in [-0.05, 0) is 11.0 Å². The molecule has 1 aliphatic rings. The lowest BCUT2D eigenvalue weighted by Gasteiger charge is -2.04. The average Bonchev–Trinajstić information content (AvgIpc) is 2.83. The Labute approximate surface area is 128 Å². The summed E-state index contributed by atoms with van der Waals surface area (Å²) >= 11 is 0. The van der Waals surface area contributed by atoms with Crippen molar-refractivity contribution in [3.8, 4) is 0 Å². The molecule has 3 rings (SSSR count). The lowest BCUT2D eigenvalue weighted by Crippen LogP contribution is -2.33. The maximum atomic E-state index is 12.4. The van der Waals surface area contributed by atoms with Gasteiger partial charge in [0.15, 0.2) is 0 Å². The first-order chi connectivity index (χ1) is 10.3. The predicted molar refractivity (Wildman–Crippen MR) is 78.2 cm³/mol. The quantitative estimate of drug-likeness (QED) is 0.876. The molecule has 1 aromatic heterocycles. The third kappa shape index (κ3) is 2.39. The van der Waals surface area contributed by atoms with E-state index in [2.05, 4.69) is 19.9 Å². The summed E-state index contributed by atoms with van der Waals surface area (Å²) in [6.45, 7) is 3.91.